The van der Waals surface area contributed by atoms with Crippen molar-refractivity contribution in [1.82, 2.24) is 10.2 Å². The van der Waals surface area contributed by atoms with Crippen molar-refractivity contribution in [3.63, 3.8) is 0 Å². The lowest BCUT2D eigenvalue weighted by Gasteiger charge is -2.34. The monoisotopic (exact) mass is 653 g/mol. The second-order valence-corrected chi connectivity index (χ2v) is 13.8. The van der Waals surface area contributed by atoms with E-state index in [1.807, 2.05) is 60.7 Å². The summed E-state index contributed by atoms with van der Waals surface area (Å²) >= 11 is 3.48. The van der Waals surface area contributed by atoms with Gasteiger partial charge in [-0.2, -0.15) is 0 Å². The highest BCUT2D eigenvalue weighted by Crippen LogP contribution is 2.22. The van der Waals surface area contributed by atoms with E-state index >= 15 is 0 Å². The SMILES string of the molecule is CS(=O)(=O)N(CCCC(=O)N(Cc1ccc(Br)cc1)[C@H](Cc1ccccc1)C(=O)NC1CCCCC1)c1ccccc1. The summed E-state index contributed by atoms with van der Waals surface area (Å²) in [4.78, 5) is 29.6. The summed E-state index contributed by atoms with van der Waals surface area (Å²) < 4.78 is 27.4. The molecule has 0 saturated heterocycles. The van der Waals surface area contributed by atoms with Gasteiger partial charge in [-0.3, -0.25) is 13.9 Å². The molecule has 7 nitrogen and oxygen atoms in total. The Morgan fingerprint density at radius 3 is 2.12 bits per heavy atom. The van der Waals surface area contributed by atoms with E-state index in [0.29, 0.717) is 18.5 Å². The molecule has 42 heavy (non-hydrogen) atoms. The molecule has 1 saturated carbocycles. The van der Waals surface area contributed by atoms with Crippen molar-refractivity contribution in [2.24, 2.45) is 0 Å². The Morgan fingerprint density at radius 1 is 0.881 bits per heavy atom. The highest BCUT2D eigenvalue weighted by molar-refractivity contribution is 9.10. The Kier molecular flexibility index (Phi) is 11.6. The first kappa shape index (κ1) is 31.8. The van der Waals surface area contributed by atoms with Gasteiger partial charge in [-0.05, 0) is 54.7 Å². The molecule has 3 aromatic carbocycles. The standard InChI is InChI=1S/C33H40BrN3O4S/c1-42(40,41)37(30-16-9-4-10-17-30)23-11-18-32(38)36(25-27-19-21-28(34)22-20-27)31(24-26-12-5-2-6-13-26)33(39)35-29-14-7-3-8-15-29/h2,4-6,9-10,12-13,16-17,19-22,29,31H,3,7-8,11,14-15,18,23-25H2,1H3,(H,35,39)/t31-/m1/s1. The molecule has 1 fully saturated rings. The van der Waals surface area contributed by atoms with Gasteiger partial charge in [-0.1, -0.05) is 95.9 Å². The van der Waals surface area contributed by atoms with E-state index in [0.717, 1.165) is 41.3 Å². The molecule has 0 radical (unpaired) electrons. The van der Waals surface area contributed by atoms with Gasteiger partial charge in [0.15, 0.2) is 0 Å². The second-order valence-electron chi connectivity index (χ2n) is 11.0. The van der Waals surface area contributed by atoms with E-state index in [4.69, 9.17) is 0 Å². The molecule has 0 aliphatic heterocycles. The van der Waals surface area contributed by atoms with E-state index in [2.05, 4.69) is 21.2 Å². The van der Waals surface area contributed by atoms with E-state index in [9.17, 15) is 18.0 Å². The van der Waals surface area contributed by atoms with Crippen LogP contribution in [0.25, 0.3) is 0 Å². The molecule has 1 aliphatic rings. The number of para-hydroxylation sites is 1. The highest BCUT2D eigenvalue weighted by Gasteiger charge is 2.32. The highest BCUT2D eigenvalue weighted by atomic mass is 79.9. The van der Waals surface area contributed by atoms with Gasteiger partial charge in [0.1, 0.15) is 6.04 Å². The predicted octanol–water partition coefficient (Wildman–Crippen LogP) is 6.08. The third-order valence-corrected chi connectivity index (χ3v) is 9.41. The summed E-state index contributed by atoms with van der Waals surface area (Å²) in [5.41, 5.74) is 2.45. The fourth-order valence-corrected chi connectivity index (χ4v) is 6.71. The maximum Gasteiger partial charge on any atom is 0.243 e. The van der Waals surface area contributed by atoms with Crippen LogP contribution in [0.5, 0.6) is 0 Å². The van der Waals surface area contributed by atoms with Crippen molar-refractivity contribution < 1.29 is 18.0 Å². The second kappa shape index (κ2) is 15.3. The Bertz CT molecular complexity index is 1400. The van der Waals surface area contributed by atoms with Crippen molar-refractivity contribution in [3.05, 3.63) is 101 Å². The van der Waals surface area contributed by atoms with Crippen LogP contribution in [-0.4, -0.2) is 50.0 Å². The zero-order valence-corrected chi connectivity index (χ0v) is 26.5. The van der Waals surface area contributed by atoms with Crippen molar-refractivity contribution >= 4 is 43.5 Å². The molecule has 3 aromatic rings. The Labute approximate surface area is 258 Å². The smallest absolute Gasteiger partial charge is 0.243 e. The van der Waals surface area contributed by atoms with Crippen LogP contribution in [0, 0.1) is 0 Å². The fourth-order valence-electron chi connectivity index (χ4n) is 5.48. The molecule has 0 bridgehead atoms. The lowest BCUT2D eigenvalue weighted by Crippen LogP contribution is -2.52. The van der Waals surface area contributed by atoms with Gasteiger partial charge in [-0.25, -0.2) is 8.42 Å². The topological polar surface area (TPSA) is 86.8 Å². The molecule has 1 N–H and O–H groups in total. The average molecular weight is 655 g/mol. The van der Waals surface area contributed by atoms with Gasteiger partial charge in [0, 0.05) is 36.4 Å². The number of hydrogen-bond donors (Lipinski definition) is 1. The molecule has 0 spiro atoms. The first-order valence-corrected chi connectivity index (χ1v) is 17.3. The summed E-state index contributed by atoms with van der Waals surface area (Å²) in [5, 5.41) is 3.26. The van der Waals surface area contributed by atoms with Crippen LogP contribution >= 0.6 is 15.9 Å². The van der Waals surface area contributed by atoms with E-state index < -0.39 is 16.1 Å². The van der Waals surface area contributed by atoms with E-state index in [-0.39, 0.29) is 37.4 Å². The number of anilines is 1. The Hall–Kier alpha value is -3.17. The van der Waals surface area contributed by atoms with Crippen LogP contribution in [0.1, 0.15) is 56.1 Å². The minimum atomic E-state index is -3.54. The summed E-state index contributed by atoms with van der Waals surface area (Å²) in [5.74, 6) is -0.322. The van der Waals surface area contributed by atoms with Crippen LogP contribution in [0.15, 0.2) is 89.4 Å². The number of rotatable bonds is 13. The number of nitrogens with zero attached hydrogens (tertiary/aromatic N) is 2. The van der Waals surface area contributed by atoms with Crippen LogP contribution in [0.2, 0.25) is 0 Å². The lowest BCUT2D eigenvalue weighted by molar-refractivity contribution is -0.141. The number of amides is 2. The molecule has 9 heteroatoms. The van der Waals surface area contributed by atoms with Crippen molar-refractivity contribution in [3.8, 4) is 0 Å². The molecule has 224 valence electrons. The first-order valence-electron chi connectivity index (χ1n) is 14.6. The van der Waals surface area contributed by atoms with Gasteiger partial charge < -0.3 is 10.2 Å². The molecule has 0 unspecified atom stereocenters. The van der Waals surface area contributed by atoms with Crippen molar-refractivity contribution in [2.45, 2.75) is 70.0 Å². The first-order chi connectivity index (χ1) is 20.2. The molecule has 0 heterocycles. The third-order valence-electron chi connectivity index (χ3n) is 7.69. The minimum Gasteiger partial charge on any atom is -0.352 e. The summed E-state index contributed by atoms with van der Waals surface area (Å²) in [6.07, 6.45) is 7.26. The third kappa shape index (κ3) is 9.42. The summed E-state index contributed by atoms with van der Waals surface area (Å²) in [6.45, 7) is 0.439. The molecule has 1 aliphatic carbocycles. The van der Waals surface area contributed by atoms with Crippen molar-refractivity contribution in [1.29, 1.82) is 0 Å². The van der Waals surface area contributed by atoms with Gasteiger partial charge in [0.05, 0.1) is 11.9 Å². The lowest BCUT2D eigenvalue weighted by atomic mass is 9.94. The summed E-state index contributed by atoms with van der Waals surface area (Å²) in [6, 6.07) is 25.8. The molecule has 2 amide bonds. The van der Waals surface area contributed by atoms with Gasteiger partial charge >= 0.3 is 0 Å². The number of halogens is 1. The zero-order valence-electron chi connectivity index (χ0n) is 24.1. The Balaban J connectivity index is 1.58. The fraction of sp³-hybridized carbons (Fsp3) is 0.394. The maximum absolute atomic E-state index is 14.0. The molecular weight excluding hydrogens is 614 g/mol. The van der Waals surface area contributed by atoms with Crippen LogP contribution in [0.3, 0.4) is 0 Å². The molecular formula is C33H40BrN3O4S. The summed E-state index contributed by atoms with van der Waals surface area (Å²) in [7, 11) is -3.54. The normalized spacial score (nSPS) is 14.6. The number of benzene rings is 3. The van der Waals surface area contributed by atoms with Gasteiger partial charge in [0.2, 0.25) is 21.8 Å². The average Bonchev–Trinajstić information content (AvgIpc) is 2.99. The number of hydrogen-bond acceptors (Lipinski definition) is 4. The van der Waals surface area contributed by atoms with Crippen LogP contribution in [-0.2, 0) is 32.6 Å². The quantitative estimate of drug-likeness (QED) is 0.242. The van der Waals surface area contributed by atoms with Gasteiger partial charge in [0.25, 0.3) is 0 Å². The molecule has 0 aromatic heterocycles. The Morgan fingerprint density at radius 2 is 1.50 bits per heavy atom. The van der Waals surface area contributed by atoms with E-state index in [1.165, 1.54) is 17.0 Å². The number of carbonyl (C=O) groups excluding carboxylic acids is 2. The number of nitrogens with one attached hydrogen (secondary N) is 1. The van der Waals surface area contributed by atoms with Crippen LogP contribution < -0.4 is 9.62 Å². The maximum atomic E-state index is 14.0. The van der Waals surface area contributed by atoms with Gasteiger partial charge in [-0.15, -0.1) is 0 Å². The van der Waals surface area contributed by atoms with E-state index in [1.54, 1.807) is 29.2 Å². The van der Waals surface area contributed by atoms with Crippen molar-refractivity contribution in [2.75, 3.05) is 17.1 Å². The number of sulfonamides is 1. The van der Waals surface area contributed by atoms with Crippen LogP contribution in [0.4, 0.5) is 5.69 Å². The largest absolute Gasteiger partial charge is 0.352 e. The number of carbonyl (C=O) groups is 2. The predicted molar refractivity (Wildman–Crippen MR) is 172 cm³/mol. The molecule has 4 rings (SSSR count). The molecule has 1 atom stereocenters. The minimum absolute atomic E-state index is 0.109. The zero-order chi connectivity index (χ0) is 30.0.